The highest BCUT2D eigenvalue weighted by Crippen LogP contribution is 2.50. The Morgan fingerprint density at radius 2 is 1.85 bits per heavy atom. The predicted molar refractivity (Wildman–Crippen MR) is 108 cm³/mol. The van der Waals surface area contributed by atoms with Gasteiger partial charge in [0.2, 0.25) is 5.91 Å². The third-order valence-electron chi connectivity index (χ3n) is 6.84. The first kappa shape index (κ1) is 22.1. The van der Waals surface area contributed by atoms with Crippen molar-refractivity contribution in [1.82, 2.24) is 5.32 Å². The second kappa shape index (κ2) is 8.06. The summed E-state index contributed by atoms with van der Waals surface area (Å²) in [6.45, 7) is 7.13. The second-order valence-corrected chi connectivity index (χ2v) is 8.52. The van der Waals surface area contributed by atoms with Gasteiger partial charge in [-0.1, -0.05) is 38.8 Å². The molecule has 1 amide bonds. The minimum Gasteiger partial charge on any atom is -0.378 e. The van der Waals surface area contributed by atoms with E-state index < -0.39 is 11.0 Å². The molecule has 2 atom stereocenters. The molecule has 6 heteroatoms. The van der Waals surface area contributed by atoms with Crippen LogP contribution in [0.3, 0.4) is 0 Å². The number of ether oxygens (including phenoxy) is 1. The molecule has 3 rings (SSSR count). The summed E-state index contributed by atoms with van der Waals surface area (Å²) in [7, 11) is 0. The highest BCUT2D eigenvalue weighted by Gasteiger charge is 2.63. The van der Waals surface area contributed by atoms with Crippen molar-refractivity contribution >= 4 is 18.3 Å². The molecule has 0 radical (unpaired) electrons. The lowest BCUT2D eigenvalue weighted by atomic mass is 9.54. The van der Waals surface area contributed by atoms with E-state index >= 15 is 0 Å². The van der Waals surface area contributed by atoms with E-state index in [1.807, 2.05) is 32.9 Å². The summed E-state index contributed by atoms with van der Waals surface area (Å²) in [5.41, 5.74) is 6.17. The SMILES string of the molecule is CCOC1CC(N)(C(=O)NCC2(c3ccc(F)cc3)CCCC2)C1(C)C.Cl. The molecule has 0 aromatic heterocycles. The molecule has 0 heterocycles. The minimum atomic E-state index is -0.907. The van der Waals surface area contributed by atoms with Crippen molar-refractivity contribution in [2.45, 2.75) is 69.9 Å². The Morgan fingerprint density at radius 3 is 2.37 bits per heavy atom. The van der Waals surface area contributed by atoms with Gasteiger partial charge in [0.05, 0.1) is 6.10 Å². The summed E-state index contributed by atoms with van der Waals surface area (Å²) in [4.78, 5) is 12.9. The van der Waals surface area contributed by atoms with Crippen LogP contribution >= 0.6 is 12.4 Å². The van der Waals surface area contributed by atoms with Gasteiger partial charge in [0.1, 0.15) is 11.4 Å². The molecule has 3 N–H and O–H groups in total. The van der Waals surface area contributed by atoms with Gasteiger partial charge in [0.25, 0.3) is 0 Å². The number of hydrogen-bond acceptors (Lipinski definition) is 3. The van der Waals surface area contributed by atoms with E-state index in [9.17, 15) is 9.18 Å². The Balaban J connectivity index is 0.00000261. The summed E-state index contributed by atoms with van der Waals surface area (Å²) in [6, 6.07) is 6.71. The summed E-state index contributed by atoms with van der Waals surface area (Å²) in [5.74, 6) is -0.336. The number of hydrogen-bond donors (Lipinski definition) is 2. The van der Waals surface area contributed by atoms with Gasteiger partial charge in [0.15, 0.2) is 0 Å². The van der Waals surface area contributed by atoms with Gasteiger partial charge in [-0.15, -0.1) is 12.4 Å². The topological polar surface area (TPSA) is 64.3 Å². The Labute approximate surface area is 167 Å². The Bertz CT molecular complexity index is 659. The lowest BCUT2D eigenvalue weighted by molar-refractivity contribution is -0.170. The zero-order valence-corrected chi connectivity index (χ0v) is 17.3. The van der Waals surface area contributed by atoms with Crippen molar-refractivity contribution < 1.29 is 13.9 Å². The summed E-state index contributed by atoms with van der Waals surface area (Å²) < 4.78 is 19.0. The molecular weight excluding hydrogens is 367 g/mol. The molecule has 2 aliphatic carbocycles. The molecule has 152 valence electrons. The van der Waals surface area contributed by atoms with Gasteiger partial charge in [0, 0.05) is 30.4 Å². The number of nitrogens with one attached hydrogen (secondary N) is 1. The van der Waals surface area contributed by atoms with Crippen molar-refractivity contribution in [3.63, 3.8) is 0 Å². The summed E-state index contributed by atoms with van der Waals surface area (Å²) in [5, 5.41) is 3.13. The molecule has 0 bridgehead atoms. The standard InChI is InChI=1S/C21H31FN2O2.ClH/c1-4-26-17-13-21(23,19(17,2)3)18(25)24-14-20(11-5-6-12-20)15-7-9-16(22)10-8-15;/h7-10,17H,4-6,11-14,23H2,1-3H3,(H,24,25);1H. The van der Waals surface area contributed by atoms with Gasteiger partial charge in [-0.3, -0.25) is 4.79 Å². The monoisotopic (exact) mass is 398 g/mol. The zero-order chi connectivity index (χ0) is 19.0. The van der Waals surface area contributed by atoms with Crippen LogP contribution in [0.5, 0.6) is 0 Å². The lowest BCUT2D eigenvalue weighted by Crippen LogP contribution is -2.76. The summed E-state index contributed by atoms with van der Waals surface area (Å²) >= 11 is 0. The quantitative estimate of drug-likeness (QED) is 0.767. The van der Waals surface area contributed by atoms with E-state index in [0.29, 0.717) is 19.6 Å². The largest absolute Gasteiger partial charge is 0.378 e. The normalized spacial score (nSPS) is 28.1. The van der Waals surface area contributed by atoms with E-state index in [1.165, 1.54) is 12.1 Å². The van der Waals surface area contributed by atoms with Crippen LogP contribution in [0, 0.1) is 11.2 Å². The van der Waals surface area contributed by atoms with Gasteiger partial charge in [-0.2, -0.15) is 0 Å². The smallest absolute Gasteiger partial charge is 0.240 e. The maximum absolute atomic E-state index is 13.3. The third-order valence-corrected chi connectivity index (χ3v) is 6.84. The van der Waals surface area contributed by atoms with Crippen molar-refractivity contribution in [2.24, 2.45) is 11.1 Å². The van der Waals surface area contributed by atoms with Crippen LogP contribution in [-0.4, -0.2) is 30.7 Å². The number of rotatable bonds is 6. The number of carbonyl (C=O) groups is 1. The Hall–Kier alpha value is -1.17. The van der Waals surface area contributed by atoms with Crippen molar-refractivity contribution in [3.8, 4) is 0 Å². The fourth-order valence-electron chi connectivity index (χ4n) is 4.65. The average molecular weight is 399 g/mol. The fraction of sp³-hybridized carbons (Fsp3) is 0.667. The number of amides is 1. The first-order valence-electron chi connectivity index (χ1n) is 9.70. The molecule has 0 aliphatic heterocycles. The summed E-state index contributed by atoms with van der Waals surface area (Å²) in [6.07, 6.45) is 4.81. The maximum Gasteiger partial charge on any atom is 0.240 e. The molecule has 2 fully saturated rings. The molecule has 2 aliphatic rings. The number of benzene rings is 1. The molecule has 4 nitrogen and oxygen atoms in total. The molecule has 27 heavy (non-hydrogen) atoms. The number of carbonyl (C=O) groups excluding carboxylic acids is 1. The first-order chi connectivity index (χ1) is 12.2. The van der Waals surface area contributed by atoms with Crippen molar-refractivity contribution in [3.05, 3.63) is 35.6 Å². The van der Waals surface area contributed by atoms with E-state index in [1.54, 1.807) is 0 Å². The average Bonchev–Trinajstić information content (AvgIpc) is 3.10. The van der Waals surface area contributed by atoms with Crippen LogP contribution in [0.2, 0.25) is 0 Å². The highest BCUT2D eigenvalue weighted by molar-refractivity contribution is 5.89. The Morgan fingerprint density at radius 1 is 1.26 bits per heavy atom. The molecule has 2 saturated carbocycles. The molecule has 0 saturated heterocycles. The zero-order valence-electron chi connectivity index (χ0n) is 16.5. The number of halogens is 2. The van der Waals surface area contributed by atoms with E-state index in [-0.39, 0.29) is 35.7 Å². The van der Waals surface area contributed by atoms with Crippen LogP contribution in [0.4, 0.5) is 4.39 Å². The minimum absolute atomic E-state index is 0. The molecule has 1 aromatic carbocycles. The predicted octanol–water partition coefficient (Wildman–Crippen LogP) is 3.71. The lowest BCUT2D eigenvalue weighted by Gasteiger charge is -2.57. The van der Waals surface area contributed by atoms with Gasteiger partial charge < -0.3 is 15.8 Å². The van der Waals surface area contributed by atoms with Crippen LogP contribution in [-0.2, 0) is 14.9 Å². The molecule has 2 unspecified atom stereocenters. The molecule has 0 spiro atoms. The van der Waals surface area contributed by atoms with Crippen LogP contribution in [0.15, 0.2) is 24.3 Å². The van der Waals surface area contributed by atoms with Crippen LogP contribution in [0.25, 0.3) is 0 Å². The van der Waals surface area contributed by atoms with Crippen LogP contribution < -0.4 is 11.1 Å². The fourth-order valence-corrected chi connectivity index (χ4v) is 4.65. The Kier molecular flexibility index (Phi) is 6.60. The third kappa shape index (κ3) is 3.74. The van der Waals surface area contributed by atoms with Gasteiger partial charge >= 0.3 is 0 Å². The number of nitrogens with two attached hydrogens (primary N) is 1. The second-order valence-electron chi connectivity index (χ2n) is 8.52. The van der Waals surface area contributed by atoms with E-state index in [2.05, 4.69) is 5.32 Å². The first-order valence-corrected chi connectivity index (χ1v) is 9.70. The molecular formula is C21H32ClFN2O2. The van der Waals surface area contributed by atoms with Crippen molar-refractivity contribution in [2.75, 3.05) is 13.2 Å². The van der Waals surface area contributed by atoms with Gasteiger partial charge in [-0.25, -0.2) is 4.39 Å². The van der Waals surface area contributed by atoms with Gasteiger partial charge in [-0.05, 0) is 37.5 Å². The van der Waals surface area contributed by atoms with E-state index in [4.69, 9.17) is 10.5 Å². The highest BCUT2D eigenvalue weighted by atomic mass is 35.5. The molecule has 1 aromatic rings. The van der Waals surface area contributed by atoms with Crippen molar-refractivity contribution in [1.29, 1.82) is 0 Å². The van der Waals surface area contributed by atoms with E-state index in [0.717, 1.165) is 31.2 Å². The van der Waals surface area contributed by atoms with Crippen LogP contribution in [0.1, 0.15) is 58.4 Å². The maximum atomic E-state index is 13.3.